The van der Waals surface area contributed by atoms with Crippen LogP contribution in [0.2, 0.25) is 0 Å². The Morgan fingerprint density at radius 3 is 2.93 bits per heavy atom. The van der Waals surface area contributed by atoms with Crippen molar-refractivity contribution < 1.29 is 4.79 Å². The molecule has 78 valence electrons. The fraction of sp³-hybridized carbons (Fsp3) is 0.333. The minimum atomic E-state index is 0.466. The van der Waals surface area contributed by atoms with E-state index in [1.807, 2.05) is 25.2 Å². The normalized spacial score (nSPS) is 10.8. The molecule has 0 bridgehead atoms. The molecule has 0 radical (unpaired) electrons. The Labute approximate surface area is 88.7 Å². The van der Waals surface area contributed by atoms with Gasteiger partial charge in [0, 0.05) is 19.9 Å². The van der Waals surface area contributed by atoms with Gasteiger partial charge in [0.15, 0.2) is 0 Å². The summed E-state index contributed by atoms with van der Waals surface area (Å²) in [6, 6.07) is 6.00. The molecule has 0 aliphatic carbocycles. The van der Waals surface area contributed by atoms with Gasteiger partial charge in [0.1, 0.15) is 12.1 Å². The van der Waals surface area contributed by atoms with E-state index in [0.717, 1.165) is 35.1 Å². The second kappa shape index (κ2) is 3.85. The lowest BCUT2D eigenvalue weighted by Crippen LogP contribution is -1.94. The molecule has 1 aromatic carbocycles. The van der Waals surface area contributed by atoms with Crippen molar-refractivity contribution in [2.45, 2.75) is 19.8 Å². The van der Waals surface area contributed by atoms with Crippen molar-refractivity contribution in [1.82, 2.24) is 9.55 Å². The van der Waals surface area contributed by atoms with E-state index in [4.69, 9.17) is 0 Å². The SMILES string of the molecule is CCc1nc2cc(CC=O)ccc2n1C. The first-order valence-corrected chi connectivity index (χ1v) is 5.14. The van der Waals surface area contributed by atoms with Crippen LogP contribution >= 0.6 is 0 Å². The molecular formula is C12H14N2O. The Morgan fingerprint density at radius 2 is 2.27 bits per heavy atom. The minimum Gasteiger partial charge on any atom is -0.331 e. The van der Waals surface area contributed by atoms with Gasteiger partial charge in [-0.3, -0.25) is 0 Å². The smallest absolute Gasteiger partial charge is 0.124 e. The Hall–Kier alpha value is -1.64. The fourth-order valence-corrected chi connectivity index (χ4v) is 1.83. The second-order valence-electron chi connectivity index (χ2n) is 3.63. The summed E-state index contributed by atoms with van der Waals surface area (Å²) in [6.45, 7) is 2.09. The molecule has 0 unspecified atom stereocenters. The first-order chi connectivity index (χ1) is 7.26. The lowest BCUT2D eigenvalue weighted by Gasteiger charge is -1.98. The summed E-state index contributed by atoms with van der Waals surface area (Å²) in [6.07, 6.45) is 2.31. The van der Waals surface area contributed by atoms with Crippen molar-refractivity contribution in [2.24, 2.45) is 7.05 Å². The zero-order valence-corrected chi connectivity index (χ0v) is 9.03. The number of carbonyl (C=O) groups is 1. The van der Waals surface area contributed by atoms with Crippen LogP contribution in [0.25, 0.3) is 11.0 Å². The highest BCUT2D eigenvalue weighted by molar-refractivity contribution is 5.77. The third kappa shape index (κ3) is 1.65. The first kappa shape index (κ1) is 9.90. The molecule has 0 saturated carbocycles. The second-order valence-corrected chi connectivity index (χ2v) is 3.63. The molecule has 0 N–H and O–H groups in total. The number of imidazole rings is 1. The van der Waals surface area contributed by atoms with Gasteiger partial charge in [-0.05, 0) is 17.7 Å². The maximum Gasteiger partial charge on any atom is 0.124 e. The number of hydrogen-bond acceptors (Lipinski definition) is 2. The lowest BCUT2D eigenvalue weighted by molar-refractivity contribution is -0.107. The van der Waals surface area contributed by atoms with Gasteiger partial charge in [0.2, 0.25) is 0 Å². The quantitative estimate of drug-likeness (QED) is 0.712. The van der Waals surface area contributed by atoms with Crippen LogP contribution in [0, 0.1) is 0 Å². The number of aldehydes is 1. The average Bonchev–Trinajstić information content (AvgIpc) is 2.56. The molecule has 2 aromatic rings. The number of nitrogens with zero attached hydrogens (tertiary/aromatic N) is 2. The van der Waals surface area contributed by atoms with Gasteiger partial charge in [0.25, 0.3) is 0 Å². The summed E-state index contributed by atoms with van der Waals surface area (Å²) in [5, 5.41) is 0. The van der Waals surface area contributed by atoms with Crippen LogP contribution in [0.15, 0.2) is 18.2 Å². The fourth-order valence-electron chi connectivity index (χ4n) is 1.83. The van der Waals surface area contributed by atoms with Gasteiger partial charge < -0.3 is 9.36 Å². The maximum absolute atomic E-state index is 10.4. The molecule has 1 aromatic heterocycles. The molecule has 0 aliphatic heterocycles. The van der Waals surface area contributed by atoms with E-state index in [0.29, 0.717) is 6.42 Å². The van der Waals surface area contributed by atoms with Gasteiger partial charge in [-0.1, -0.05) is 13.0 Å². The summed E-state index contributed by atoms with van der Waals surface area (Å²) in [5.41, 5.74) is 3.13. The van der Waals surface area contributed by atoms with E-state index in [-0.39, 0.29) is 0 Å². The zero-order chi connectivity index (χ0) is 10.8. The number of benzene rings is 1. The summed E-state index contributed by atoms with van der Waals surface area (Å²) >= 11 is 0. The Bertz CT molecular complexity index is 500. The van der Waals surface area contributed by atoms with Crippen molar-refractivity contribution in [2.75, 3.05) is 0 Å². The summed E-state index contributed by atoms with van der Waals surface area (Å²) in [5.74, 6) is 1.08. The van der Waals surface area contributed by atoms with Crippen LogP contribution in [0.5, 0.6) is 0 Å². The summed E-state index contributed by atoms with van der Waals surface area (Å²) < 4.78 is 2.10. The summed E-state index contributed by atoms with van der Waals surface area (Å²) in [4.78, 5) is 14.9. The summed E-state index contributed by atoms with van der Waals surface area (Å²) in [7, 11) is 2.02. The molecule has 1 heterocycles. The van der Waals surface area contributed by atoms with Gasteiger partial charge in [-0.15, -0.1) is 0 Å². The number of hydrogen-bond donors (Lipinski definition) is 0. The topological polar surface area (TPSA) is 34.9 Å². The van der Waals surface area contributed by atoms with Crippen molar-refractivity contribution in [3.8, 4) is 0 Å². The largest absolute Gasteiger partial charge is 0.331 e. The van der Waals surface area contributed by atoms with E-state index in [9.17, 15) is 4.79 Å². The maximum atomic E-state index is 10.4. The third-order valence-corrected chi connectivity index (χ3v) is 2.67. The third-order valence-electron chi connectivity index (χ3n) is 2.67. The molecule has 15 heavy (non-hydrogen) atoms. The van der Waals surface area contributed by atoms with Crippen molar-refractivity contribution >= 4 is 17.3 Å². The monoisotopic (exact) mass is 202 g/mol. The molecular weight excluding hydrogens is 188 g/mol. The Balaban J connectivity index is 2.57. The van der Waals surface area contributed by atoms with E-state index >= 15 is 0 Å². The van der Waals surface area contributed by atoms with Crippen LogP contribution in [0.4, 0.5) is 0 Å². The number of aryl methyl sites for hydroxylation is 2. The molecule has 0 atom stereocenters. The van der Waals surface area contributed by atoms with E-state index in [1.54, 1.807) is 0 Å². The minimum absolute atomic E-state index is 0.466. The van der Waals surface area contributed by atoms with Crippen LogP contribution < -0.4 is 0 Å². The van der Waals surface area contributed by atoms with Crippen LogP contribution in [0.1, 0.15) is 18.3 Å². The standard InChI is InChI=1S/C12H14N2O/c1-3-12-13-10-8-9(6-7-15)4-5-11(10)14(12)2/h4-5,7-8H,3,6H2,1-2H3. The molecule has 3 nitrogen and oxygen atoms in total. The number of aromatic nitrogens is 2. The number of rotatable bonds is 3. The zero-order valence-electron chi connectivity index (χ0n) is 9.03. The van der Waals surface area contributed by atoms with E-state index in [2.05, 4.69) is 16.5 Å². The van der Waals surface area contributed by atoms with Crippen molar-refractivity contribution in [1.29, 1.82) is 0 Å². The highest BCUT2D eigenvalue weighted by atomic mass is 16.1. The number of carbonyl (C=O) groups excluding carboxylic acids is 1. The lowest BCUT2D eigenvalue weighted by atomic mass is 10.1. The first-order valence-electron chi connectivity index (χ1n) is 5.14. The Kier molecular flexibility index (Phi) is 2.54. The molecule has 0 amide bonds. The highest BCUT2D eigenvalue weighted by Crippen LogP contribution is 2.17. The van der Waals surface area contributed by atoms with Gasteiger partial charge in [0.05, 0.1) is 11.0 Å². The Morgan fingerprint density at radius 1 is 1.47 bits per heavy atom. The average molecular weight is 202 g/mol. The van der Waals surface area contributed by atoms with Crippen LogP contribution in [-0.2, 0) is 24.7 Å². The number of fused-ring (bicyclic) bond motifs is 1. The molecule has 3 heteroatoms. The predicted molar refractivity (Wildman–Crippen MR) is 59.9 cm³/mol. The highest BCUT2D eigenvalue weighted by Gasteiger charge is 2.05. The van der Waals surface area contributed by atoms with Gasteiger partial charge in [-0.2, -0.15) is 0 Å². The van der Waals surface area contributed by atoms with Crippen molar-refractivity contribution in [3.63, 3.8) is 0 Å². The molecule has 0 spiro atoms. The molecule has 0 fully saturated rings. The van der Waals surface area contributed by atoms with Gasteiger partial charge in [-0.25, -0.2) is 4.98 Å². The van der Waals surface area contributed by atoms with Crippen LogP contribution in [0.3, 0.4) is 0 Å². The molecule has 0 saturated heterocycles. The van der Waals surface area contributed by atoms with Gasteiger partial charge >= 0.3 is 0 Å². The predicted octanol–water partition coefficient (Wildman–Crippen LogP) is 1.88. The van der Waals surface area contributed by atoms with Crippen molar-refractivity contribution in [3.05, 3.63) is 29.6 Å². The molecule has 2 rings (SSSR count). The van der Waals surface area contributed by atoms with E-state index in [1.165, 1.54) is 0 Å². The molecule has 0 aliphatic rings. The van der Waals surface area contributed by atoms with Crippen LogP contribution in [-0.4, -0.2) is 15.8 Å². The van der Waals surface area contributed by atoms with E-state index < -0.39 is 0 Å².